The van der Waals surface area contributed by atoms with Crippen LogP contribution in [0.4, 0.5) is 0 Å². The Bertz CT molecular complexity index is 437. The summed E-state index contributed by atoms with van der Waals surface area (Å²) in [6.45, 7) is 0.539. The summed E-state index contributed by atoms with van der Waals surface area (Å²) in [6.07, 6.45) is 1.10. The lowest BCUT2D eigenvalue weighted by Gasteiger charge is -2.07. The highest BCUT2D eigenvalue weighted by Crippen LogP contribution is 2.25. The van der Waals surface area contributed by atoms with Gasteiger partial charge in [-0.2, -0.15) is 0 Å². The lowest BCUT2D eigenvalue weighted by molar-refractivity contribution is -0.136. The van der Waals surface area contributed by atoms with Crippen molar-refractivity contribution in [3.8, 4) is 5.75 Å². The maximum Gasteiger partial charge on any atom is 0.307 e. The van der Waals surface area contributed by atoms with E-state index >= 15 is 0 Å². The van der Waals surface area contributed by atoms with Crippen molar-refractivity contribution in [1.82, 2.24) is 0 Å². The van der Waals surface area contributed by atoms with Gasteiger partial charge in [0.25, 0.3) is 0 Å². The van der Waals surface area contributed by atoms with E-state index in [1.165, 1.54) is 0 Å². The van der Waals surface area contributed by atoms with Crippen LogP contribution in [0, 0.1) is 0 Å². The van der Waals surface area contributed by atoms with Crippen molar-refractivity contribution in [2.75, 3.05) is 6.61 Å². The molecular weight excluding hydrogens is 208 g/mol. The number of carboxylic acid groups (broad SMARTS) is 1. The number of rotatable bonds is 2. The molecule has 0 amide bonds. The summed E-state index contributed by atoms with van der Waals surface area (Å²) >= 11 is 0. The number of ether oxygens (including phenoxy) is 1. The molecule has 1 heterocycles. The molecule has 0 spiro atoms. The predicted octanol–water partition coefficient (Wildman–Crippen LogP) is 1.67. The largest absolute Gasteiger partial charge is 0.493 e. The minimum Gasteiger partial charge on any atom is -0.493 e. The number of carbonyl (C=O) groups excluding carboxylic acids is 1. The summed E-state index contributed by atoms with van der Waals surface area (Å²) in [5.74, 6) is -0.307. The Labute approximate surface area is 92.8 Å². The average molecular weight is 220 g/mol. The fourth-order valence-electron chi connectivity index (χ4n) is 1.76. The molecule has 4 nitrogen and oxygen atoms in total. The van der Waals surface area contributed by atoms with E-state index < -0.39 is 5.97 Å². The highest BCUT2D eigenvalue weighted by molar-refractivity contribution is 5.99. The minimum absolute atomic E-state index is 0.0275. The van der Waals surface area contributed by atoms with Crippen LogP contribution in [0.5, 0.6) is 5.75 Å². The molecule has 1 N–H and O–H groups in total. The third-order valence-electron chi connectivity index (χ3n) is 2.51. The Kier molecular flexibility index (Phi) is 2.90. The summed E-state index contributed by atoms with van der Waals surface area (Å²) in [5.41, 5.74) is 1.14. The number of benzene rings is 1. The molecule has 2 rings (SSSR count). The van der Waals surface area contributed by atoms with Crippen LogP contribution >= 0.6 is 0 Å². The van der Waals surface area contributed by atoms with Gasteiger partial charge in [-0.25, -0.2) is 0 Å². The van der Waals surface area contributed by atoms with Crippen LogP contribution in [-0.4, -0.2) is 23.5 Å². The third kappa shape index (κ3) is 2.21. The van der Waals surface area contributed by atoms with Gasteiger partial charge in [0.15, 0.2) is 5.78 Å². The second-order valence-corrected chi connectivity index (χ2v) is 3.78. The van der Waals surface area contributed by atoms with E-state index in [1.54, 1.807) is 18.2 Å². The van der Waals surface area contributed by atoms with Gasteiger partial charge in [0, 0.05) is 6.42 Å². The number of aliphatic carboxylic acids is 1. The highest BCUT2D eigenvalue weighted by atomic mass is 16.5. The summed E-state index contributed by atoms with van der Waals surface area (Å²) in [7, 11) is 0. The van der Waals surface area contributed by atoms with Gasteiger partial charge in [0.2, 0.25) is 0 Å². The molecule has 4 heteroatoms. The second kappa shape index (κ2) is 4.35. The fraction of sp³-hybridized carbons (Fsp3) is 0.333. The molecule has 0 aliphatic carbocycles. The number of carboxylic acids is 1. The molecule has 1 aromatic rings. The van der Waals surface area contributed by atoms with E-state index in [-0.39, 0.29) is 12.2 Å². The minimum atomic E-state index is -0.901. The Hall–Kier alpha value is -1.84. The zero-order chi connectivity index (χ0) is 11.5. The van der Waals surface area contributed by atoms with Crippen LogP contribution in [0.2, 0.25) is 0 Å². The van der Waals surface area contributed by atoms with Crippen molar-refractivity contribution in [1.29, 1.82) is 0 Å². The molecule has 0 fully saturated rings. The summed E-state index contributed by atoms with van der Waals surface area (Å²) < 4.78 is 5.41. The van der Waals surface area contributed by atoms with E-state index in [0.717, 1.165) is 0 Å². The molecule has 16 heavy (non-hydrogen) atoms. The Balaban J connectivity index is 2.35. The van der Waals surface area contributed by atoms with Gasteiger partial charge in [0.05, 0.1) is 18.6 Å². The molecule has 0 atom stereocenters. The van der Waals surface area contributed by atoms with Crippen molar-refractivity contribution >= 4 is 11.8 Å². The maximum absolute atomic E-state index is 11.7. The van der Waals surface area contributed by atoms with Crippen LogP contribution < -0.4 is 4.74 Å². The second-order valence-electron chi connectivity index (χ2n) is 3.78. The molecule has 1 aliphatic heterocycles. The number of hydrogen-bond donors (Lipinski definition) is 1. The average Bonchev–Trinajstić information content (AvgIpc) is 2.41. The van der Waals surface area contributed by atoms with Crippen LogP contribution in [0.25, 0.3) is 0 Å². The van der Waals surface area contributed by atoms with E-state index in [2.05, 4.69) is 0 Å². The zero-order valence-electron chi connectivity index (χ0n) is 8.73. The number of carbonyl (C=O) groups is 2. The Morgan fingerprint density at radius 1 is 1.44 bits per heavy atom. The quantitative estimate of drug-likeness (QED) is 0.823. The van der Waals surface area contributed by atoms with Crippen LogP contribution in [0.1, 0.15) is 28.8 Å². The third-order valence-corrected chi connectivity index (χ3v) is 2.51. The van der Waals surface area contributed by atoms with Gasteiger partial charge >= 0.3 is 5.97 Å². The Morgan fingerprint density at radius 2 is 2.25 bits per heavy atom. The molecule has 0 saturated carbocycles. The first-order valence-corrected chi connectivity index (χ1v) is 5.17. The van der Waals surface area contributed by atoms with Crippen LogP contribution in [-0.2, 0) is 11.2 Å². The van der Waals surface area contributed by atoms with Gasteiger partial charge in [0.1, 0.15) is 5.75 Å². The molecule has 0 unspecified atom stereocenters. The topological polar surface area (TPSA) is 63.6 Å². The van der Waals surface area contributed by atoms with E-state index in [1.807, 2.05) is 0 Å². The van der Waals surface area contributed by atoms with Gasteiger partial charge in [-0.1, -0.05) is 6.07 Å². The monoisotopic (exact) mass is 220 g/mol. The molecule has 1 aromatic carbocycles. The van der Waals surface area contributed by atoms with Crippen molar-refractivity contribution in [2.24, 2.45) is 0 Å². The first kappa shape index (κ1) is 10.7. The highest BCUT2D eigenvalue weighted by Gasteiger charge is 2.17. The van der Waals surface area contributed by atoms with Gasteiger partial charge in [-0.3, -0.25) is 9.59 Å². The smallest absolute Gasteiger partial charge is 0.307 e. The molecular formula is C12H12O4. The van der Waals surface area contributed by atoms with Gasteiger partial charge < -0.3 is 9.84 Å². The molecule has 0 saturated heterocycles. The fourth-order valence-corrected chi connectivity index (χ4v) is 1.76. The van der Waals surface area contributed by atoms with Crippen molar-refractivity contribution in [3.63, 3.8) is 0 Å². The maximum atomic E-state index is 11.7. The Morgan fingerprint density at radius 3 is 3.00 bits per heavy atom. The number of fused-ring (bicyclic) bond motifs is 1. The lowest BCUT2D eigenvalue weighted by atomic mass is 10.0. The summed E-state index contributed by atoms with van der Waals surface area (Å²) in [4.78, 5) is 22.3. The van der Waals surface area contributed by atoms with E-state index in [4.69, 9.17) is 9.84 Å². The van der Waals surface area contributed by atoms with Gasteiger partial charge in [-0.15, -0.1) is 0 Å². The molecule has 0 aromatic heterocycles. The lowest BCUT2D eigenvalue weighted by Crippen LogP contribution is -2.03. The summed E-state index contributed by atoms with van der Waals surface area (Å²) in [5, 5.41) is 8.68. The van der Waals surface area contributed by atoms with E-state index in [0.29, 0.717) is 36.3 Å². The van der Waals surface area contributed by atoms with Gasteiger partial charge in [-0.05, 0) is 24.1 Å². The molecule has 0 radical (unpaired) electrons. The van der Waals surface area contributed by atoms with Crippen LogP contribution in [0.15, 0.2) is 18.2 Å². The number of Topliss-reactive ketones (excluding diaryl/α,β-unsaturated/α-hetero) is 1. The SMILES string of the molecule is O=C(O)Cc1ccc2c(c1)C(=O)CCCO2. The van der Waals surface area contributed by atoms with Crippen LogP contribution in [0.3, 0.4) is 0 Å². The van der Waals surface area contributed by atoms with Crippen molar-refractivity contribution < 1.29 is 19.4 Å². The molecule has 84 valence electrons. The molecule has 0 bridgehead atoms. The predicted molar refractivity (Wildman–Crippen MR) is 56.8 cm³/mol. The van der Waals surface area contributed by atoms with E-state index in [9.17, 15) is 9.59 Å². The van der Waals surface area contributed by atoms with Crippen molar-refractivity contribution in [3.05, 3.63) is 29.3 Å². The van der Waals surface area contributed by atoms with Crippen molar-refractivity contribution in [2.45, 2.75) is 19.3 Å². The number of hydrogen-bond acceptors (Lipinski definition) is 3. The first-order chi connectivity index (χ1) is 7.66. The number of ketones is 1. The standard InChI is InChI=1S/C12H12O4/c13-10-2-1-5-16-11-4-3-8(6-9(10)11)7-12(14)15/h3-4,6H,1-2,5,7H2,(H,14,15). The zero-order valence-corrected chi connectivity index (χ0v) is 8.73. The summed E-state index contributed by atoms with van der Waals surface area (Å²) in [6, 6.07) is 4.99. The normalized spacial score (nSPS) is 14.9. The first-order valence-electron chi connectivity index (χ1n) is 5.17. The molecule has 1 aliphatic rings.